The van der Waals surface area contributed by atoms with Crippen molar-refractivity contribution in [3.05, 3.63) is 33.9 Å². The van der Waals surface area contributed by atoms with Crippen LogP contribution in [0.1, 0.15) is 31.2 Å². The highest BCUT2D eigenvalue weighted by Crippen LogP contribution is 2.29. The molecule has 0 radical (unpaired) electrons. The summed E-state index contributed by atoms with van der Waals surface area (Å²) in [7, 11) is 0. The summed E-state index contributed by atoms with van der Waals surface area (Å²) < 4.78 is 0. The van der Waals surface area contributed by atoms with Crippen LogP contribution in [0.3, 0.4) is 0 Å². The van der Waals surface area contributed by atoms with Crippen molar-refractivity contribution in [1.82, 2.24) is 0 Å². The van der Waals surface area contributed by atoms with Gasteiger partial charge in [-0.25, -0.2) is 0 Å². The summed E-state index contributed by atoms with van der Waals surface area (Å²) in [6, 6.07) is 5.57. The molecular weight excluding hydrogens is 260 g/mol. The summed E-state index contributed by atoms with van der Waals surface area (Å²) in [4.78, 5) is 22.2. The monoisotopic (exact) mass is 274 g/mol. The van der Waals surface area contributed by atoms with Gasteiger partial charge in [0.2, 0.25) is 5.91 Å². The Bertz CT molecular complexity index is 600. The molecule has 1 aliphatic carbocycles. The van der Waals surface area contributed by atoms with Crippen LogP contribution in [0.4, 0.5) is 11.4 Å². The lowest BCUT2D eigenvalue weighted by Crippen LogP contribution is -2.48. The fraction of sp³-hybridized carbons (Fsp3) is 0.385. The minimum Gasteiger partial charge on any atom is -0.323 e. The van der Waals surface area contributed by atoms with Gasteiger partial charge < -0.3 is 11.1 Å². The number of nitriles is 1. The molecule has 0 saturated heterocycles. The maximum absolute atomic E-state index is 12.1. The smallest absolute Gasteiger partial charge is 0.270 e. The molecule has 0 bridgehead atoms. The number of nitro groups is 1. The van der Waals surface area contributed by atoms with Gasteiger partial charge in [-0.1, -0.05) is 12.8 Å². The molecule has 2 rings (SSSR count). The Morgan fingerprint density at radius 1 is 1.45 bits per heavy atom. The number of carbonyl (C=O) groups excluding carboxylic acids is 1. The van der Waals surface area contributed by atoms with Gasteiger partial charge in [-0.05, 0) is 18.9 Å². The molecule has 1 fully saturated rings. The molecule has 0 heterocycles. The Balaban J connectivity index is 2.23. The van der Waals surface area contributed by atoms with Gasteiger partial charge in [-0.3, -0.25) is 14.9 Å². The zero-order valence-corrected chi connectivity index (χ0v) is 10.8. The fourth-order valence-corrected chi connectivity index (χ4v) is 2.33. The molecule has 0 aliphatic heterocycles. The van der Waals surface area contributed by atoms with E-state index in [0.29, 0.717) is 12.8 Å². The Morgan fingerprint density at radius 2 is 2.10 bits per heavy atom. The van der Waals surface area contributed by atoms with Crippen LogP contribution >= 0.6 is 0 Å². The fourth-order valence-electron chi connectivity index (χ4n) is 2.33. The van der Waals surface area contributed by atoms with Crippen LogP contribution in [0.5, 0.6) is 0 Å². The Hall–Kier alpha value is -2.46. The van der Waals surface area contributed by atoms with E-state index < -0.39 is 10.5 Å². The topological polar surface area (TPSA) is 122 Å². The summed E-state index contributed by atoms with van der Waals surface area (Å²) in [5, 5.41) is 22.3. The van der Waals surface area contributed by atoms with Crippen LogP contribution in [-0.2, 0) is 4.79 Å². The third-order valence-corrected chi connectivity index (χ3v) is 3.53. The number of nitrogens with zero attached hydrogens (tertiary/aromatic N) is 2. The summed E-state index contributed by atoms with van der Waals surface area (Å²) in [5.41, 5.74) is 5.22. The second-order valence-corrected chi connectivity index (χ2v) is 4.92. The summed E-state index contributed by atoms with van der Waals surface area (Å²) in [5.74, 6) is -0.347. The highest BCUT2D eigenvalue weighted by atomic mass is 16.6. The molecule has 20 heavy (non-hydrogen) atoms. The van der Waals surface area contributed by atoms with Gasteiger partial charge in [0, 0.05) is 12.1 Å². The number of hydrogen-bond acceptors (Lipinski definition) is 5. The van der Waals surface area contributed by atoms with Crippen molar-refractivity contribution < 1.29 is 9.72 Å². The van der Waals surface area contributed by atoms with Crippen molar-refractivity contribution in [1.29, 1.82) is 5.26 Å². The number of hydrogen-bond donors (Lipinski definition) is 2. The van der Waals surface area contributed by atoms with E-state index in [4.69, 9.17) is 11.0 Å². The molecule has 1 saturated carbocycles. The highest BCUT2D eigenvalue weighted by Gasteiger charge is 2.37. The lowest BCUT2D eigenvalue weighted by Gasteiger charge is -2.22. The first-order valence-corrected chi connectivity index (χ1v) is 6.25. The van der Waals surface area contributed by atoms with Gasteiger partial charge in [0.25, 0.3) is 5.69 Å². The molecule has 0 unspecified atom stereocenters. The molecule has 1 aliphatic rings. The van der Waals surface area contributed by atoms with Gasteiger partial charge in [0.15, 0.2) is 0 Å². The average molecular weight is 274 g/mol. The lowest BCUT2D eigenvalue weighted by molar-refractivity contribution is -0.384. The average Bonchev–Trinajstić information content (AvgIpc) is 2.87. The zero-order valence-electron chi connectivity index (χ0n) is 10.8. The van der Waals surface area contributed by atoms with Crippen molar-refractivity contribution >= 4 is 17.3 Å². The van der Waals surface area contributed by atoms with Crippen molar-refractivity contribution in [3.63, 3.8) is 0 Å². The number of nitrogens with two attached hydrogens (primary N) is 1. The second-order valence-electron chi connectivity index (χ2n) is 4.92. The molecule has 0 spiro atoms. The van der Waals surface area contributed by atoms with E-state index in [9.17, 15) is 14.9 Å². The maximum atomic E-state index is 12.1. The number of nitro benzene ring substituents is 1. The first kappa shape index (κ1) is 14.0. The molecule has 0 atom stereocenters. The van der Waals surface area contributed by atoms with E-state index in [1.165, 1.54) is 12.1 Å². The Labute approximate surface area is 115 Å². The van der Waals surface area contributed by atoms with Crippen molar-refractivity contribution in [2.45, 2.75) is 31.2 Å². The summed E-state index contributed by atoms with van der Waals surface area (Å²) in [6.07, 6.45) is 3.01. The molecule has 0 aromatic heterocycles. The van der Waals surface area contributed by atoms with Crippen LogP contribution in [0.15, 0.2) is 18.2 Å². The number of non-ortho nitro benzene ring substituents is 1. The van der Waals surface area contributed by atoms with Crippen LogP contribution in [0.2, 0.25) is 0 Å². The number of anilines is 1. The number of nitrogens with one attached hydrogen (secondary N) is 1. The highest BCUT2D eigenvalue weighted by molar-refractivity contribution is 5.99. The van der Waals surface area contributed by atoms with Gasteiger partial charge in [0.05, 0.1) is 21.7 Å². The minimum absolute atomic E-state index is 0.0501. The molecule has 1 amide bonds. The van der Waals surface area contributed by atoms with E-state index >= 15 is 0 Å². The zero-order chi connectivity index (χ0) is 14.8. The molecule has 7 nitrogen and oxygen atoms in total. The largest absolute Gasteiger partial charge is 0.323 e. The third-order valence-electron chi connectivity index (χ3n) is 3.53. The first-order chi connectivity index (χ1) is 9.46. The van der Waals surface area contributed by atoms with E-state index in [2.05, 4.69) is 5.32 Å². The molecule has 1 aromatic rings. The van der Waals surface area contributed by atoms with Crippen LogP contribution in [0.25, 0.3) is 0 Å². The normalized spacial score (nSPS) is 16.4. The Kier molecular flexibility index (Phi) is 3.68. The maximum Gasteiger partial charge on any atom is 0.270 e. The van der Waals surface area contributed by atoms with Crippen LogP contribution in [-0.4, -0.2) is 16.4 Å². The van der Waals surface area contributed by atoms with Gasteiger partial charge >= 0.3 is 0 Å². The Morgan fingerprint density at radius 3 is 2.65 bits per heavy atom. The number of carbonyl (C=O) groups is 1. The lowest BCUT2D eigenvalue weighted by atomic mass is 9.98. The summed E-state index contributed by atoms with van der Waals surface area (Å²) >= 11 is 0. The third kappa shape index (κ3) is 2.60. The van der Waals surface area contributed by atoms with E-state index in [1.807, 2.05) is 6.07 Å². The van der Waals surface area contributed by atoms with Crippen molar-refractivity contribution in [2.24, 2.45) is 5.73 Å². The van der Waals surface area contributed by atoms with E-state index in [1.54, 1.807) is 0 Å². The molecule has 1 aromatic carbocycles. The number of benzene rings is 1. The predicted octanol–water partition coefficient (Wildman–Crippen LogP) is 1.68. The predicted molar refractivity (Wildman–Crippen MR) is 71.8 cm³/mol. The molecule has 7 heteroatoms. The molecule has 3 N–H and O–H groups in total. The van der Waals surface area contributed by atoms with E-state index in [0.717, 1.165) is 18.9 Å². The van der Waals surface area contributed by atoms with Crippen molar-refractivity contribution in [2.75, 3.05) is 5.32 Å². The van der Waals surface area contributed by atoms with Gasteiger partial charge in [-0.2, -0.15) is 5.26 Å². The van der Waals surface area contributed by atoms with Crippen molar-refractivity contribution in [3.8, 4) is 6.07 Å². The number of amides is 1. The SMILES string of the molecule is N#Cc1cc([N+](=O)[O-])ccc1NC(=O)C1(N)CCCC1. The number of rotatable bonds is 3. The summed E-state index contributed by atoms with van der Waals surface area (Å²) in [6.45, 7) is 0. The van der Waals surface area contributed by atoms with Gasteiger partial charge in [0.1, 0.15) is 6.07 Å². The van der Waals surface area contributed by atoms with E-state index in [-0.39, 0.29) is 22.8 Å². The first-order valence-electron chi connectivity index (χ1n) is 6.25. The second kappa shape index (κ2) is 5.27. The molecular formula is C13H14N4O3. The molecule has 104 valence electrons. The van der Waals surface area contributed by atoms with Crippen LogP contribution < -0.4 is 11.1 Å². The standard InChI is InChI=1S/C13H14N4O3/c14-8-9-7-10(17(19)20)3-4-11(9)16-12(18)13(15)5-1-2-6-13/h3-4,7H,1-2,5-6,15H2,(H,16,18). The van der Waals surface area contributed by atoms with Gasteiger partial charge in [-0.15, -0.1) is 0 Å². The van der Waals surface area contributed by atoms with Crippen LogP contribution in [0, 0.1) is 21.4 Å². The quantitative estimate of drug-likeness (QED) is 0.641. The minimum atomic E-state index is -0.908.